The van der Waals surface area contributed by atoms with Crippen LogP contribution in [0.4, 0.5) is 14.5 Å². The lowest BCUT2D eigenvalue weighted by Gasteiger charge is -2.13. The summed E-state index contributed by atoms with van der Waals surface area (Å²) in [6.45, 7) is 1.07. The molecule has 1 atom stereocenters. The minimum Gasteiger partial charge on any atom is -0.493 e. The van der Waals surface area contributed by atoms with Crippen LogP contribution in [-0.4, -0.2) is 41.6 Å². The summed E-state index contributed by atoms with van der Waals surface area (Å²) in [7, 11) is 0. The Balaban J connectivity index is 3.02. The molecule has 1 unspecified atom stereocenters. The van der Waals surface area contributed by atoms with Gasteiger partial charge in [0.25, 0.3) is 18.0 Å². The number of hydrogen-bond acceptors (Lipinski definition) is 5. The van der Waals surface area contributed by atoms with Crippen LogP contribution in [0.25, 0.3) is 0 Å². The number of nitrogens with zero attached hydrogens (tertiary/aromatic N) is 1. The van der Waals surface area contributed by atoms with Gasteiger partial charge in [-0.3, -0.25) is 14.9 Å². The molecule has 7 nitrogen and oxygen atoms in total. The van der Waals surface area contributed by atoms with Gasteiger partial charge in [0.1, 0.15) is 11.9 Å². The monoisotopic (exact) mass is 304 g/mol. The van der Waals surface area contributed by atoms with Crippen LogP contribution in [0.2, 0.25) is 0 Å². The Morgan fingerprint density at radius 3 is 2.71 bits per heavy atom. The molecule has 2 N–H and O–H groups in total. The quantitative estimate of drug-likeness (QED) is 0.585. The Bertz CT molecular complexity index is 524. The highest BCUT2D eigenvalue weighted by Crippen LogP contribution is 2.28. The van der Waals surface area contributed by atoms with E-state index >= 15 is 0 Å². The summed E-state index contributed by atoms with van der Waals surface area (Å²) < 4.78 is 29.4. The molecule has 0 spiro atoms. The van der Waals surface area contributed by atoms with E-state index in [1.165, 1.54) is 12.1 Å². The number of amides is 1. The molecule has 0 fully saturated rings. The number of carbonyl (C=O) groups excluding carboxylic acids is 1. The maximum absolute atomic E-state index is 12.2. The van der Waals surface area contributed by atoms with E-state index in [-0.39, 0.29) is 17.9 Å². The number of aliphatic hydroxyl groups excluding tert-OH is 1. The average molecular weight is 304 g/mol. The third kappa shape index (κ3) is 4.35. The summed E-state index contributed by atoms with van der Waals surface area (Å²) in [4.78, 5) is 22.1. The summed E-state index contributed by atoms with van der Waals surface area (Å²) >= 11 is 0. The highest BCUT2D eigenvalue weighted by molar-refractivity contribution is 6.00. The molecule has 1 aromatic rings. The van der Waals surface area contributed by atoms with E-state index in [1.54, 1.807) is 6.92 Å². The number of nitro groups is 1. The third-order valence-electron chi connectivity index (χ3n) is 2.49. The molecule has 0 heterocycles. The number of hydrogen-bond donors (Lipinski definition) is 2. The first kappa shape index (κ1) is 16.8. The molecular weight excluding hydrogens is 290 g/mol. The van der Waals surface area contributed by atoms with E-state index in [0.717, 1.165) is 6.07 Å². The molecule has 1 rings (SSSR count). The molecular formula is C12H14F2N2O5. The number of aliphatic hydroxyl groups is 1. The van der Waals surface area contributed by atoms with E-state index in [1.807, 2.05) is 5.32 Å². The summed E-state index contributed by atoms with van der Waals surface area (Å²) in [5, 5.41) is 21.9. The Morgan fingerprint density at radius 1 is 1.52 bits per heavy atom. The van der Waals surface area contributed by atoms with Crippen molar-refractivity contribution in [2.24, 2.45) is 0 Å². The van der Waals surface area contributed by atoms with Gasteiger partial charge in [-0.1, -0.05) is 6.07 Å². The molecule has 9 heteroatoms. The molecule has 0 aliphatic rings. The van der Waals surface area contributed by atoms with Crippen molar-refractivity contribution in [3.8, 4) is 5.75 Å². The van der Waals surface area contributed by atoms with Crippen molar-refractivity contribution in [2.45, 2.75) is 19.5 Å². The van der Waals surface area contributed by atoms with Crippen LogP contribution >= 0.6 is 0 Å². The van der Waals surface area contributed by atoms with Gasteiger partial charge in [-0.25, -0.2) is 8.78 Å². The number of ether oxygens (including phenoxy) is 1. The normalized spacial score (nSPS) is 12.0. The maximum atomic E-state index is 12.2. The van der Waals surface area contributed by atoms with Crippen molar-refractivity contribution < 1.29 is 28.3 Å². The fourth-order valence-corrected chi connectivity index (χ4v) is 1.55. The van der Waals surface area contributed by atoms with Crippen LogP contribution < -0.4 is 10.1 Å². The predicted octanol–water partition coefficient (Wildman–Crippen LogP) is 1.35. The van der Waals surface area contributed by atoms with E-state index in [2.05, 4.69) is 0 Å². The zero-order chi connectivity index (χ0) is 16.0. The number of rotatable bonds is 7. The molecule has 1 aromatic carbocycles. The van der Waals surface area contributed by atoms with Crippen LogP contribution in [0.15, 0.2) is 18.2 Å². The lowest BCUT2D eigenvalue weighted by atomic mass is 10.1. The molecule has 21 heavy (non-hydrogen) atoms. The largest absolute Gasteiger partial charge is 0.493 e. The smallest absolute Gasteiger partial charge is 0.285 e. The van der Waals surface area contributed by atoms with Gasteiger partial charge in [0, 0.05) is 12.6 Å². The minimum absolute atomic E-state index is 0.0317. The lowest BCUT2D eigenvalue weighted by Crippen LogP contribution is -2.36. The fourth-order valence-electron chi connectivity index (χ4n) is 1.55. The Morgan fingerprint density at radius 2 is 2.19 bits per heavy atom. The van der Waals surface area contributed by atoms with E-state index < -0.39 is 35.6 Å². The Kier molecular flexibility index (Phi) is 5.97. The van der Waals surface area contributed by atoms with Crippen molar-refractivity contribution in [2.75, 3.05) is 13.2 Å². The molecule has 0 bridgehead atoms. The maximum Gasteiger partial charge on any atom is 0.285 e. The predicted molar refractivity (Wildman–Crippen MR) is 68.6 cm³/mol. The second-order valence-corrected chi connectivity index (χ2v) is 3.95. The highest BCUT2D eigenvalue weighted by atomic mass is 19.3. The molecule has 0 aliphatic carbocycles. The van der Waals surface area contributed by atoms with Crippen LogP contribution in [0.5, 0.6) is 5.75 Å². The molecule has 0 saturated heterocycles. The average Bonchev–Trinajstić information content (AvgIpc) is 2.44. The van der Waals surface area contributed by atoms with Crippen LogP contribution in [0, 0.1) is 10.1 Å². The second-order valence-electron chi connectivity index (χ2n) is 3.95. The fraction of sp³-hybridized carbons (Fsp3) is 0.417. The number of alkyl halides is 2. The number of nitrogens with one attached hydrogen (secondary N) is 1. The van der Waals surface area contributed by atoms with Crippen LogP contribution in [-0.2, 0) is 0 Å². The van der Waals surface area contributed by atoms with Crippen molar-refractivity contribution in [1.82, 2.24) is 5.32 Å². The van der Waals surface area contributed by atoms with Gasteiger partial charge in [0.15, 0.2) is 5.56 Å². The van der Waals surface area contributed by atoms with Gasteiger partial charge in [-0.15, -0.1) is 0 Å². The number of benzene rings is 1. The molecule has 116 valence electrons. The first-order chi connectivity index (χ1) is 9.88. The first-order valence-electron chi connectivity index (χ1n) is 6.03. The number of nitro benzene ring substituents is 1. The van der Waals surface area contributed by atoms with Gasteiger partial charge < -0.3 is 15.2 Å². The van der Waals surface area contributed by atoms with Gasteiger partial charge in [0.05, 0.1) is 11.5 Å². The lowest BCUT2D eigenvalue weighted by molar-refractivity contribution is -0.385. The van der Waals surface area contributed by atoms with Gasteiger partial charge in [-0.2, -0.15) is 0 Å². The van der Waals surface area contributed by atoms with Crippen LogP contribution in [0.3, 0.4) is 0 Å². The van der Waals surface area contributed by atoms with Gasteiger partial charge >= 0.3 is 0 Å². The molecule has 1 amide bonds. The summed E-state index contributed by atoms with van der Waals surface area (Å²) in [6, 6.07) is 3.80. The molecule has 0 radical (unpaired) electrons. The minimum atomic E-state index is -3.03. The van der Waals surface area contributed by atoms with Crippen molar-refractivity contribution in [3.63, 3.8) is 0 Å². The standard InChI is InChI=1S/C12H14F2N2O5/c1-2-21-9-5-3-4-7(16(19)20)10(9)12(18)15-6-8(17)11(13)14/h3-5,8,11,17H,2,6H2,1H3,(H,15,18). The van der Waals surface area contributed by atoms with Gasteiger partial charge in [-0.05, 0) is 13.0 Å². The Labute approximate surface area is 118 Å². The number of halogens is 2. The van der Waals surface area contributed by atoms with Crippen molar-refractivity contribution in [1.29, 1.82) is 0 Å². The van der Waals surface area contributed by atoms with Crippen LogP contribution in [0.1, 0.15) is 17.3 Å². The summed E-state index contributed by atoms with van der Waals surface area (Å²) in [6.07, 6.45) is -5.07. The van der Waals surface area contributed by atoms with E-state index in [4.69, 9.17) is 9.84 Å². The molecule has 0 saturated carbocycles. The SMILES string of the molecule is CCOc1cccc([N+](=O)[O-])c1C(=O)NCC(O)C(F)F. The summed E-state index contributed by atoms with van der Waals surface area (Å²) in [5.74, 6) is -0.999. The van der Waals surface area contributed by atoms with E-state index in [0.29, 0.717) is 0 Å². The third-order valence-corrected chi connectivity index (χ3v) is 2.49. The molecule has 0 aliphatic heterocycles. The highest BCUT2D eigenvalue weighted by Gasteiger charge is 2.26. The topological polar surface area (TPSA) is 102 Å². The second kappa shape index (κ2) is 7.48. The van der Waals surface area contributed by atoms with E-state index in [9.17, 15) is 23.7 Å². The van der Waals surface area contributed by atoms with Crippen molar-refractivity contribution >= 4 is 11.6 Å². The first-order valence-corrected chi connectivity index (χ1v) is 6.03. The Hall–Kier alpha value is -2.29. The molecule has 0 aromatic heterocycles. The summed E-state index contributed by atoms with van der Waals surface area (Å²) in [5.41, 5.74) is -0.879. The zero-order valence-corrected chi connectivity index (χ0v) is 11.1. The van der Waals surface area contributed by atoms with Gasteiger partial charge in [0.2, 0.25) is 0 Å². The zero-order valence-electron chi connectivity index (χ0n) is 11.1. The number of carbonyl (C=O) groups is 1. The van der Waals surface area contributed by atoms with Crippen molar-refractivity contribution in [3.05, 3.63) is 33.9 Å².